The second-order valence-corrected chi connectivity index (χ2v) is 7.09. The topological polar surface area (TPSA) is 19.4 Å². The first-order valence-electron chi connectivity index (χ1n) is 9.27. The van der Waals surface area contributed by atoms with Crippen molar-refractivity contribution in [2.75, 3.05) is 38.1 Å². The van der Waals surface area contributed by atoms with Crippen LogP contribution in [-0.4, -0.2) is 43.1 Å². The number of fused-ring (bicyclic) bond motifs is 1. The van der Waals surface area contributed by atoms with Crippen LogP contribution in [0.2, 0.25) is 0 Å². The Bertz CT molecular complexity index is 932. The van der Waals surface area contributed by atoms with Gasteiger partial charge in [-0.2, -0.15) is 0 Å². The highest BCUT2D eigenvalue weighted by atomic mass is 15.2. The molecule has 2 heterocycles. The number of aryl methyl sites for hydroxylation is 1. The van der Waals surface area contributed by atoms with Crippen LogP contribution in [-0.2, 0) is 0 Å². The number of piperazine rings is 1. The molecule has 1 fully saturated rings. The molecule has 3 aromatic rings. The van der Waals surface area contributed by atoms with E-state index in [9.17, 15) is 0 Å². The minimum absolute atomic E-state index is 1.01. The normalized spacial score (nSPS) is 15.8. The zero-order chi connectivity index (χ0) is 17.9. The van der Waals surface area contributed by atoms with Crippen molar-refractivity contribution in [3.05, 3.63) is 71.5 Å². The molecular weight excluding hydrogens is 318 g/mol. The van der Waals surface area contributed by atoms with Gasteiger partial charge in [-0.05, 0) is 48.0 Å². The second-order valence-electron chi connectivity index (χ2n) is 7.09. The van der Waals surface area contributed by atoms with Crippen LogP contribution >= 0.6 is 0 Å². The summed E-state index contributed by atoms with van der Waals surface area (Å²) < 4.78 is 0. The fourth-order valence-electron chi connectivity index (χ4n) is 3.58. The fourth-order valence-corrected chi connectivity index (χ4v) is 3.58. The Morgan fingerprint density at radius 1 is 0.923 bits per heavy atom. The van der Waals surface area contributed by atoms with E-state index in [0.29, 0.717) is 0 Å². The van der Waals surface area contributed by atoms with E-state index in [1.165, 1.54) is 27.6 Å². The molecule has 3 nitrogen and oxygen atoms in total. The van der Waals surface area contributed by atoms with E-state index in [0.717, 1.165) is 31.9 Å². The summed E-state index contributed by atoms with van der Waals surface area (Å²) in [7, 11) is 2.19. The third-order valence-corrected chi connectivity index (χ3v) is 5.20. The first-order valence-corrected chi connectivity index (χ1v) is 9.27. The third-order valence-electron chi connectivity index (χ3n) is 5.20. The predicted octanol–water partition coefficient (Wildman–Crippen LogP) is 4.47. The summed E-state index contributed by atoms with van der Waals surface area (Å²) in [6.07, 6.45) is 6.30. The van der Waals surface area contributed by atoms with E-state index in [4.69, 9.17) is 0 Å². The average Bonchev–Trinajstić information content (AvgIpc) is 2.68. The van der Waals surface area contributed by atoms with Crippen LogP contribution in [0.4, 0.5) is 5.69 Å². The Balaban J connectivity index is 1.62. The zero-order valence-electron chi connectivity index (χ0n) is 15.5. The summed E-state index contributed by atoms with van der Waals surface area (Å²) in [6.45, 7) is 6.53. The molecule has 1 aliphatic heterocycles. The molecule has 0 saturated carbocycles. The lowest BCUT2D eigenvalue weighted by atomic mass is 10.0. The van der Waals surface area contributed by atoms with Crippen molar-refractivity contribution >= 4 is 28.6 Å². The minimum atomic E-state index is 1.01. The summed E-state index contributed by atoms with van der Waals surface area (Å²) in [4.78, 5) is 9.48. The van der Waals surface area contributed by atoms with Gasteiger partial charge >= 0.3 is 0 Å². The lowest BCUT2D eigenvalue weighted by molar-refractivity contribution is 0.312. The van der Waals surface area contributed by atoms with Crippen LogP contribution in [0, 0.1) is 6.92 Å². The highest BCUT2D eigenvalue weighted by Crippen LogP contribution is 2.24. The first kappa shape index (κ1) is 16.8. The number of hydrogen-bond acceptors (Lipinski definition) is 3. The van der Waals surface area contributed by atoms with Crippen molar-refractivity contribution in [2.45, 2.75) is 6.92 Å². The van der Waals surface area contributed by atoms with Gasteiger partial charge in [-0.25, -0.2) is 0 Å². The highest BCUT2D eigenvalue weighted by molar-refractivity contribution is 5.92. The maximum atomic E-state index is 4.62. The average molecular weight is 343 g/mol. The molecule has 1 aromatic heterocycles. The molecule has 132 valence electrons. The summed E-state index contributed by atoms with van der Waals surface area (Å²) in [5.41, 5.74) is 4.80. The standard InChI is InChI=1S/C23H25N3/c1-18-17-24-21(16-23(18)26-14-12-25(2)13-15-26)11-10-20-8-5-7-19-6-3-4-9-22(19)20/h3-11,16-17H,12-15H2,1-2H3. The van der Waals surface area contributed by atoms with E-state index in [1.54, 1.807) is 0 Å². The maximum Gasteiger partial charge on any atom is 0.0650 e. The zero-order valence-corrected chi connectivity index (χ0v) is 15.5. The van der Waals surface area contributed by atoms with Crippen molar-refractivity contribution in [3.8, 4) is 0 Å². The second kappa shape index (κ2) is 7.30. The smallest absolute Gasteiger partial charge is 0.0650 e. The quantitative estimate of drug-likeness (QED) is 0.700. The molecule has 0 N–H and O–H groups in total. The molecule has 3 heteroatoms. The Morgan fingerprint density at radius 2 is 1.69 bits per heavy atom. The van der Waals surface area contributed by atoms with Crippen LogP contribution in [0.1, 0.15) is 16.8 Å². The monoisotopic (exact) mass is 343 g/mol. The van der Waals surface area contributed by atoms with E-state index in [2.05, 4.69) is 89.4 Å². The van der Waals surface area contributed by atoms with Gasteiger partial charge in [-0.15, -0.1) is 0 Å². The number of pyridine rings is 1. The van der Waals surface area contributed by atoms with E-state index in [-0.39, 0.29) is 0 Å². The number of benzene rings is 2. The van der Waals surface area contributed by atoms with Crippen molar-refractivity contribution in [1.82, 2.24) is 9.88 Å². The maximum absolute atomic E-state index is 4.62. The van der Waals surface area contributed by atoms with Crippen molar-refractivity contribution in [1.29, 1.82) is 0 Å². The largest absolute Gasteiger partial charge is 0.369 e. The molecule has 0 unspecified atom stereocenters. The van der Waals surface area contributed by atoms with Crippen LogP contribution in [0.5, 0.6) is 0 Å². The molecule has 1 aliphatic rings. The SMILES string of the molecule is Cc1cnc(C=Cc2cccc3ccccc23)cc1N1CCN(C)CC1. The Kier molecular flexibility index (Phi) is 4.72. The van der Waals surface area contributed by atoms with Crippen LogP contribution in [0.3, 0.4) is 0 Å². The van der Waals surface area contributed by atoms with Crippen LogP contribution in [0.15, 0.2) is 54.7 Å². The molecule has 26 heavy (non-hydrogen) atoms. The molecule has 0 spiro atoms. The molecule has 0 bridgehead atoms. The Morgan fingerprint density at radius 3 is 2.54 bits per heavy atom. The molecule has 0 atom stereocenters. The summed E-state index contributed by atoms with van der Waals surface area (Å²) in [5, 5.41) is 2.54. The van der Waals surface area contributed by atoms with Gasteiger partial charge in [0.2, 0.25) is 0 Å². The lowest BCUT2D eigenvalue weighted by Crippen LogP contribution is -2.44. The van der Waals surface area contributed by atoms with Gasteiger partial charge in [0.15, 0.2) is 0 Å². The Labute approximate surface area is 155 Å². The fraction of sp³-hybridized carbons (Fsp3) is 0.261. The van der Waals surface area contributed by atoms with Crippen molar-refractivity contribution in [3.63, 3.8) is 0 Å². The van der Waals surface area contributed by atoms with Gasteiger partial charge in [0.05, 0.1) is 5.69 Å². The van der Waals surface area contributed by atoms with E-state index in [1.807, 2.05) is 6.20 Å². The molecule has 4 rings (SSSR count). The summed E-state index contributed by atoms with van der Waals surface area (Å²) in [6, 6.07) is 17.2. The minimum Gasteiger partial charge on any atom is -0.369 e. The predicted molar refractivity (Wildman–Crippen MR) is 112 cm³/mol. The number of likely N-dealkylation sites (N-methyl/N-ethyl adjacent to an activating group) is 1. The molecule has 1 saturated heterocycles. The molecule has 0 aliphatic carbocycles. The van der Waals surface area contributed by atoms with Gasteiger partial charge in [0.1, 0.15) is 0 Å². The van der Waals surface area contributed by atoms with E-state index >= 15 is 0 Å². The van der Waals surface area contributed by atoms with Gasteiger partial charge in [0, 0.05) is 38.1 Å². The van der Waals surface area contributed by atoms with Gasteiger partial charge in [-0.3, -0.25) is 4.98 Å². The number of nitrogens with zero attached hydrogens (tertiary/aromatic N) is 3. The van der Waals surface area contributed by atoms with Crippen molar-refractivity contribution in [2.24, 2.45) is 0 Å². The molecule has 0 radical (unpaired) electrons. The number of aromatic nitrogens is 1. The summed E-state index contributed by atoms with van der Waals surface area (Å²) >= 11 is 0. The molecular formula is C23H25N3. The number of anilines is 1. The van der Waals surface area contributed by atoms with Gasteiger partial charge in [-0.1, -0.05) is 48.5 Å². The van der Waals surface area contributed by atoms with Gasteiger partial charge < -0.3 is 9.80 Å². The highest BCUT2D eigenvalue weighted by Gasteiger charge is 2.16. The lowest BCUT2D eigenvalue weighted by Gasteiger charge is -2.34. The molecule has 2 aromatic carbocycles. The van der Waals surface area contributed by atoms with Crippen molar-refractivity contribution < 1.29 is 0 Å². The van der Waals surface area contributed by atoms with Crippen LogP contribution in [0.25, 0.3) is 22.9 Å². The third kappa shape index (κ3) is 3.49. The van der Waals surface area contributed by atoms with E-state index < -0.39 is 0 Å². The number of hydrogen-bond donors (Lipinski definition) is 0. The van der Waals surface area contributed by atoms with Crippen LogP contribution < -0.4 is 4.90 Å². The Hall–Kier alpha value is -2.65. The number of rotatable bonds is 3. The molecule has 0 amide bonds. The first-order chi connectivity index (χ1) is 12.7. The summed E-state index contributed by atoms with van der Waals surface area (Å²) in [5.74, 6) is 0. The van der Waals surface area contributed by atoms with Gasteiger partial charge in [0.25, 0.3) is 0 Å².